The Labute approximate surface area is 59.4 Å². The highest BCUT2D eigenvalue weighted by Gasteiger charge is 3.04. The van der Waals surface area contributed by atoms with Crippen molar-refractivity contribution in [2.24, 2.45) is 46.8 Å². The van der Waals surface area contributed by atoms with Gasteiger partial charge in [0.1, 0.15) is 0 Å². The van der Waals surface area contributed by atoms with Crippen LogP contribution in [0.3, 0.4) is 0 Å². The van der Waals surface area contributed by atoms with Crippen LogP contribution in [0.5, 0.6) is 0 Å². The summed E-state index contributed by atoms with van der Waals surface area (Å²) < 4.78 is 0. The maximum absolute atomic E-state index is 10.9. The van der Waals surface area contributed by atoms with E-state index in [9.17, 15) is 5.11 Å². The van der Waals surface area contributed by atoms with Crippen molar-refractivity contribution < 1.29 is 5.11 Å². The zero-order chi connectivity index (χ0) is 6.25. The molecular weight excluding hydrogens is 124 g/mol. The minimum Gasteiger partial charge on any atom is -0.236 e. The summed E-state index contributed by atoms with van der Waals surface area (Å²) in [5.74, 6) is 7.44. The smallest absolute Gasteiger partial charge is 0.0887 e. The van der Waals surface area contributed by atoms with Gasteiger partial charge in [-0.15, -0.1) is 0 Å². The third-order valence-corrected chi connectivity index (χ3v) is 5.93. The van der Waals surface area contributed by atoms with E-state index in [0.717, 1.165) is 35.5 Å². The Morgan fingerprint density at radius 1 is 0.900 bits per heavy atom. The van der Waals surface area contributed by atoms with Gasteiger partial charge in [-0.25, -0.2) is 5.11 Å². The van der Waals surface area contributed by atoms with Crippen LogP contribution < -0.4 is 0 Å². The van der Waals surface area contributed by atoms with Crippen LogP contribution in [0.15, 0.2) is 0 Å². The third kappa shape index (κ3) is 0.119. The standard InChI is InChI=1S/C9H9O/c10-1-9-6-3-2-4(6)8(9)5(2)7(3)9/h2-8H,1H2. The second-order valence-electron chi connectivity index (χ2n) is 5.14. The van der Waals surface area contributed by atoms with Gasteiger partial charge in [0.25, 0.3) is 0 Å². The lowest BCUT2D eigenvalue weighted by Crippen LogP contribution is -3.05. The summed E-state index contributed by atoms with van der Waals surface area (Å²) in [4.78, 5) is 0. The molecule has 0 bridgehead atoms. The Morgan fingerprint density at radius 2 is 1.40 bits per heavy atom. The van der Waals surface area contributed by atoms with Gasteiger partial charge in [0, 0.05) is 5.41 Å². The Kier molecular flexibility index (Phi) is 0.298. The van der Waals surface area contributed by atoms with E-state index in [4.69, 9.17) is 0 Å². The molecule has 6 saturated carbocycles. The van der Waals surface area contributed by atoms with Crippen LogP contribution in [0.4, 0.5) is 0 Å². The summed E-state index contributed by atoms with van der Waals surface area (Å²) in [6, 6.07) is 0. The average molecular weight is 133 g/mol. The summed E-state index contributed by atoms with van der Waals surface area (Å²) >= 11 is 0. The lowest BCUT2D eigenvalue weighted by Gasteiger charge is -3.07. The monoisotopic (exact) mass is 133 g/mol. The predicted molar refractivity (Wildman–Crippen MR) is 32.4 cm³/mol. The largest absolute Gasteiger partial charge is 0.236 e. The fourth-order valence-corrected chi connectivity index (χ4v) is 5.96. The molecule has 0 aromatic carbocycles. The van der Waals surface area contributed by atoms with E-state index in [1.165, 1.54) is 5.92 Å². The van der Waals surface area contributed by atoms with E-state index in [-0.39, 0.29) is 6.61 Å². The van der Waals surface area contributed by atoms with Crippen LogP contribution in [0.2, 0.25) is 0 Å². The first-order valence-electron chi connectivity index (χ1n) is 4.51. The molecule has 10 heavy (non-hydrogen) atoms. The van der Waals surface area contributed by atoms with Gasteiger partial charge in [-0.1, -0.05) is 0 Å². The quantitative estimate of drug-likeness (QED) is 0.504. The van der Waals surface area contributed by atoms with Gasteiger partial charge in [0.05, 0.1) is 6.61 Å². The highest BCUT2D eigenvalue weighted by Crippen LogP contribution is 3.05. The Hall–Kier alpha value is -0.0400. The average Bonchev–Trinajstić information content (AvgIpc) is 2.05. The van der Waals surface area contributed by atoms with Crippen molar-refractivity contribution >= 4 is 0 Å². The maximum Gasteiger partial charge on any atom is 0.0887 e. The van der Waals surface area contributed by atoms with Gasteiger partial charge in [-0.05, 0) is 41.4 Å². The highest BCUT2D eigenvalue weighted by atomic mass is 16.3. The summed E-state index contributed by atoms with van der Waals surface area (Å²) in [6.07, 6.45) is 0. The molecule has 0 aliphatic heterocycles. The topological polar surface area (TPSA) is 19.9 Å². The van der Waals surface area contributed by atoms with Crippen LogP contribution >= 0.6 is 0 Å². The van der Waals surface area contributed by atoms with Gasteiger partial charge in [0.2, 0.25) is 0 Å². The molecular formula is C9H9O. The summed E-state index contributed by atoms with van der Waals surface area (Å²) in [7, 11) is 0. The summed E-state index contributed by atoms with van der Waals surface area (Å²) in [5.41, 5.74) is 0.453. The molecule has 0 unspecified atom stereocenters. The lowest BCUT2D eigenvalue weighted by molar-refractivity contribution is -0.619. The number of rotatable bonds is 1. The van der Waals surface area contributed by atoms with Gasteiger partial charge in [0.15, 0.2) is 0 Å². The maximum atomic E-state index is 10.9. The molecule has 0 aromatic rings. The van der Waals surface area contributed by atoms with E-state index in [1.807, 2.05) is 0 Å². The molecule has 0 N–H and O–H groups in total. The molecule has 0 aromatic heterocycles. The first-order valence-corrected chi connectivity index (χ1v) is 4.51. The predicted octanol–water partition coefficient (Wildman–Crippen LogP) is 0.785. The fourth-order valence-electron chi connectivity index (χ4n) is 5.96. The Balaban J connectivity index is 1.79. The third-order valence-electron chi connectivity index (χ3n) is 5.93. The summed E-state index contributed by atoms with van der Waals surface area (Å²) in [5, 5.41) is 10.9. The van der Waals surface area contributed by atoms with E-state index in [2.05, 4.69) is 0 Å². The van der Waals surface area contributed by atoms with Gasteiger partial charge in [-0.3, -0.25) is 0 Å². The van der Waals surface area contributed by atoms with Crippen LogP contribution in [0.1, 0.15) is 0 Å². The van der Waals surface area contributed by atoms with Crippen LogP contribution in [-0.2, 0) is 5.11 Å². The molecule has 0 saturated heterocycles. The van der Waals surface area contributed by atoms with E-state index in [1.54, 1.807) is 0 Å². The Morgan fingerprint density at radius 3 is 1.70 bits per heavy atom. The van der Waals surface area contributed by atoms with E-state index in [0.29, 0.717) is 5.41 Å². The normalized spacial score (nSPS) is 96.3. The van der Waals surface area contributed by atoms with Crippen LogP contribution in [0.25, 0.3) is 0 Å². The molecule has 1 heteroatoms. The molecule has 0 atom stereocenters. The second-order valence-corrected chi connectivity index (χ2v) is 5.14. The van der Waals surface area contributed by atoms with E-state index < -0.39 is 0 Å². The van der Waals surface area contributed by atoms with Gasteiger partial charge >= 0.3 is 0 Å². The molecule has 0 heterocycles. The SMILES string of the molecule is [O]CC12C3C4C5C3C1C5C42. The van der Waals surface area contributed by atoms with Crippen molar-refractivity contribution in [3.63, 3.8) is 0 Å². The first-order chi connectivity index (χ1) is 4.93. The molecule has 6 aliphatic carbocycles. The van der Waals surface area contributed by atoms with Crippen molar-refractivity contribution in [1.29, 1.82) is 0 Å². The zero-order valence-corrected chi connectivity index (χ0v) is 5.66. The number of hydrogen-bond acceptors (Lipinski definition) is 0. The highest BCUT2D eigenvalue weighted by molar-refractivity contribution is 5.49. The molecule has 51 valence electrons. The number of hydrogen-bond donors (Lipinski definition) is 0. The molecule has 1 nitrogen and oxygen atoms in total. The van der Waals surface area contributed by atoms with Crippen molar-refractivity contribution in [2.75, 3.05) is 6.61 Å². The van der Waals surface area contributed by atoms with Crippen molar-refractivity contribution in [1.82, 2.24) is 0 Å². The lowest BCUT2D eigenvalue weighted by atomic mass is 8.97. The zero-order valence-electron chi connectivity index (χ0n) is 5.66. The minimum atomic E-state index is 0.281. The molecule has 6 rings (SSSR count). The first kappa shape index (κ1) is 4.10. The van der Waals surface area contributed by atoms with Gasteiger partial charge in [-0.2, -0.15) is 0 Å². The molecule has 6 fully saturated rings. The van der Waals surface area contributed by atoms with Crippen molar-refractivity contribution in [3.05, 3.63) is 0 Å². The summed E-state index contributed by atoms with van der Waals surface area (Å²) in [6.45, 7) is 0.281. The molecule has 6 aliphatic rings. The van der Waals surface area contributed by atoms with Crippen molar-refractivity contribution in [3.8, 4) is 0 Å². The van der Waals surface area contributed by atoms with Crippen LogP contribution in [0, 0.1) is 46.8 Å². The van der Waals surface area contributed by atoms with Crippen LogP contribution in [-0.4, -0.2) is 6.61 Å². The van der Waals surface area contributed by atoms with E-state index >= 15 is 0 Å². The molecule has 1 radical (unpaired) electrons. The van der Waals surface area contributed by atoms with Gasteiger partial charge < -0.3 is 0 Å². The minimum absolute atomic E-state index is 0.281. The Bertz CT molecular complexity index is 219. The molecule has 0 amide bonds. The second kappa shape index (κ2) is 0.726. The molecule has 0 spiro atoms. The van der Waals surface area contributed by atoms with Crippen molar-refractivity contribution in [2.45, 2.75) is 0 Å². The fraction of sp³-hybridized carbons (Fsp3) is 1.00.